The second-order valence-corrected chi connectivity index (χ2v) is 33.3. The molecular formula is C72H44Br5I5N6O9. The van der Waals surface area contributed by atoms with Gasteiger partial charge < -0.3 is 54.8 Å². The summed E-state index contributed by atoms with van der Waals surface area (Å²) < 4.78 is 56.5. The minimum Gasteiger partial charge on any atom is -0.462 e. The zero-order chi connectivity index (χ0) is 67.8. The number of aliphatic imine (C=N–C) groups is 3. The fraction of sp³-hybridized carbons (Fsp3) is 0.0833. The molecule has 0 radical (unpaired) electrons. The standard InChI is InChI=1S/3C15H10BrIN2O2.C14H8BrIO.C13H6BrIO2/c3*16-8-1-3-12-10(5-8)15(7-20-14(18)19-15)11-6-9(17)2-4-13(11)21-12;1-8-11-6-9(15)2-4-13(11)17-14-5-3-10(16)7-12(8)14;14-7-1-3-11-9(5-7)13(16)10-6-8(15)2-4-12(10)17-11/h3*1-6H,7H2,(H2,18,19);2-7H,1H2;1-6H/t2*15-;;;/m10.../s1. The molecule has 0 aliphatic carbocycles. The van der Waals surface area contributed by atoms with Gasteiger partial charge in [-0.25, -0.2) is 15.0 Å². The lowest BCUT2D eigenvalue weighted by atomic mass is 9.81. The van der Waals surface area contributed by atoms with Crippen LogP contribution in [0.5, 0.6) is 46.0 Å². The van der Waals surface area contributed by atoms with Crippen LogP contribution in [0.25, 0.3) is 27.5 Å². The fourth-order valence-electron chi connectivity index (χ4n) is 12.1. The van der Waals surface area contributed by atoms with Crippen LogP contribution in [0.15, 0.2) is 235 Å². The maximum absolute atomic E-state index is 12.3. The predicted molar refractivity (Wildman–Crippen MR) is 437 cm³/mol. The van der Waals surface area contributed by atoms with Gasteiger partial charge in [-0.1, -0.05) is 86.2 Å². The van der Waals surface area contributed by atoms with Crippen molar-refractivity contribution in [1.82, 2.24) is 0 Å². The molecule has 7 aliphatic rings. The first-order valence-corrected chi connectivity index (χ1v) is 38.5. The Labute approximate surface area is 665 Å². The summed E-state index contributed by atoms with van der Waals surface area (Å²) in [6.07, 6.45) is 0. The smallest absolute Gasteiger partial charge is 0.283 e. The van der Waals surface area contributed by atoms with Gasteiger partial charge in [0.15, 0.2) is 16.6 Å². The molecule has 11 aromatic rings. The maximum Gasteiger partial charge on any atom is 0.283 e. The number of ether oxygens (including phenoxy) is 7. The zero-order valence-electron chi connectivity index (χ0n) is 49.7. The van der Waals surface area contributed by atoms with Gasteiger partial charge >= 0.3 is 0 Å². The molecule has 3 atom stereocenters. The van der Waals surface area contributed by atoms with Crippen LogP contribution in [0.4, 0.5) is 0 Å². The molecule has 1 aromatic heterocycles. The molecule has 25 heteroatoms. The second kappa shape index (κ2) is 27.8. The minimum absolute atomic E-state index is 0.0149. The van der Waals surface area contributed by atoms with Gasteiger partial charge in [0.05, 0.1) is 10.8 Å². The summed E-state index contributed by atoms with van der Waals surface area (Å²) in [7, 11) is 0. The lowest BCUT2D eigenvalue weighted by Crippen LogP contribution is -2.31. The van der Waals surface area contributed by atoms with Crippen LogP contribution in [0.3, 0.4) is 0 Å². The summed E-state index contributed by atoms with van der Waals surface area (Å²) in [5.74, 6) is 6.50. The van der Waals surface area contributed by atoms with Crippen LogP contribution in [0, 0.1) is 17.9 Å². The van der Waals surface area contributed by atoms with E-state index in [1.54, 1.807) is 12.1 Å². The quantitative estimate of drug-likeness (QED) is 0.0957. The van der Waals surface area contributed by atoms with Crippen LogP contribution >= 0.6 is 193 Å². The minimum atomic E-state index is -0.627. The Bertz CT molecular complexity index is 4720. The van der Waals surface area contributed by atoms with E-state index in [0.29, 0.717) is 41.8 Å². The summed E-state index contributed by atoms with van der Waals surface area (Å²) >= 11 is 28.7. The summed E-state index contributed by atoms with van der Waals surface area (Å²) in [6.45, 7) is 5.34. The van der Waals surface area contributed by atoms with Crippen molar-refractivity contribution in [3.8, 4) is 46.0 Å². The van der Waals surface area contributed by atoms with Gasteiger partial charge in [-0.2, -0.15) is 0 Å². The van der Waals surface area contributed by atoms with Crippen molar-refractivity contribution >= 4 is 238 Å². The Hall–Kier alpha value is -5.53. The largest absolute Gasteiger partial charge is 0.462 e. The van der Waals surface area contributed by atoms with Crippen LogP contribution in [-0.2, 0) is 30.8 Å². The number of nitrogens with two attached hydrogens (primary N) is 3. The van der Waals surface area contributed by atoms with Gasteiger partial charge in [0.2, 0.25) is 5.43 Å². The first-order chi connectivity index (χ1) is 46.5. The molecule has 18 rings (SSSR count). The van der Waals surface area contributed by atoms with Gasteiger partial charge in [-0.15, -0.1) is 0 Å². The Balaban J connectivity index is 0.000000104. The van der Waals surface area contributed by atoms with Gasteiger partial charge in [0, 0.05) is 84.7 Å². The highest BCUT2D eigenvalue weighted by Gasteiger charge is 2.50. The van der Waals surface area contributed by atoms with Gasteiger partial charge in [-0.3, -0.25) is 4.79 Å². The normalized spacial score (nSPS) is 18.5. The van der Waals surface area contributed by atoms with Crippen LogP contribution in [0.1, 0.15) is 44.5 Å². The molecular weight excluding hydrogens is 2130 g/mol. The Morgan fingerprint density at radius 3 is 1.03 bits per heavy atom. The van der Waals surface area contributed by atoms with Crippen molar-refractivity contribution < 1.29 is 37.6 Å². The number of hydrogen-bond donors (Lipinski definition) is 3. The zero-order valence-corrected chi connectivity index (χ0v) is 68.4. The van der Waals surface area contributed by atoms with Gasteiger partial charge in [-0.05, 0) is 301 Å². The molecule has 486 valence electrons. The average molecular weight is 2170 g/mol. The first kappa shape index (κ1) is 68.6. The third kappa shape index (κ3) is 13.4. The van der Waals surface area contributed by atoms with E-state index >= 15 is 0 Å². The number of amidine groups is 3. The predicted octanol–water partition coefficient (Wildman–Crippen LogP) is 20.8. The highest BCUT2D eigenvalue weighted by molar-refractivity contribution is 14.1. The van der Waals surface area contributed by atoms with E-state index in [-0.39, 0.29) is 23.5 Å². The molecule has 3 spiro atoms. The van der Waals surface area contributed by atoms with E-state index in [1.165, 1.54) is 3.57 Å². The highest BCUT2D eigenvalue weighted by Crippen LogP contribution is 2.55. The average Bonchev–Trinajstić information content (AvgIpc) is 1.58. The summed E-state index contributed by atoms with van der Waals surface area (Å²) in [5.41, 5.74) is 25.8. The lowest BCUT2D eigenvalue weighted by molar-refractivity contribution is 0.264. The van der Waals surface area contributed by atoms with Gasteiger partial charge in [0.25, 0.3) is 18.1 Å². The van der Waals surface area contributed by atoms with E-state index in [2.05, 4.69) is 238 Å². The second-order valence-electron chi connectivity index (χ2n) is 22.5. The SMILES string of the molecule is C=C1c2cc(Br)ccc2Oc2ccc(I)cc21.NC1=NC2(CO1)c1cc(Br)ccc1Oc1ccc(I)cc12.NC1=N[C@@]2(CO1)c1cc(Br)ccc1Oc1ccc(I)cc12.NC1=N[C@]2(CO1)c1cc(Br)ccc1Oc1ccc(I)cc12.O=c1c2cc(Br)ccc2oc2ccc(I)cc12. The van der Waals surface area contributed by atoms with E-state index in [9.17, 15) is 4.79 Å². The molecule has 10 aromatic carbocycles. The van der Waals surface area contributed by atoms with Gasteiger partial charge in [0.1, 0.15) is 77.0 Å². The monoisotopic (exact) mass is 2170 g/mol. The van der Waals surface area contributed by atoms with Crippen LogP contribution in [-0.4, -0.2) is 37.9 Å². The molecule has 8 heterocycles. The Morgan fingerprint density at radius 2 is 0.629 bits per heavy atom. The van der Waals surface area contributed by atoms with Crippen LogP contribution in [0.2, 0.25) is 0 Å². The van der Waals surface area contributed by atoms with E-state index in [1.807, 2.05) is 146 Å². The molecule has 7 aliphatic heterocycles. The Morgan fingerprint density at radius 1 is 0.351 bits per heavy atom. The molecule has 0 bridgehead atoms. The molecule has 0 saturated carbocycles. The van der Waals surface area contributed by atoms with Crippen molar-refractivity contribution in [3.05, 3.63) is 284 Å². The molecule has 0 amide bonds. The lowest BCUT2D eigenvalue weighted by Gasteiger charge is -2.33. The third-order valence-electron chi connectivity index (χ3n) is 16.5. The van der Waals surface area contributed by atoms with Crippen molar-refractivity contribution in [1.29, 1.82) is 0 Å². The Kier molecular flexibility index (Phi) is 19.6. The molecule has 1 unspecified atom stereocenters. The third-order valence-corrected chi connectivity index (χ3v) is 22.3. The number of fused-ring (bicyclic) bond motifs is 16. The number of hydrogen-bond acceptors (Lipinski definition) is 15. The van der Waals surface area contributed by atoms with Crippen LogP contribution < -0.4 is 41.6 Å². The number of benzene rings is 10. The molecule has 15 nitrogen and oxygen atoms in total. The topological polar surface area (TPSA) is 210 Å². The highest BCUT2D eigenvalue weighted by atomic mass is 127. The molecule has 0 fully saturated rings. The van der Waals surface area contributed by atoms with E-state index < -0.39 is 16.6 Å². The number of halogens is 10. The van der Waals surface area contributed by atoms with Crippen molar-refractivity contribution in [3.63, 3.8) is 0 Å². The molecule has 0 saturated heterocycles. The number of rotatable bonds is 0. The summed E-state index contributed by atoms with van der Waals surface area (Å²) in [5, 5.41) is 1.23. The maximum atomic E-state index is 12.3. The fourth-order valence-corrected chi connectivity index (χ4v) is 16.4. The van der Waals surface area contributed by atoms with Crippen molar-refractivity contribution in [2.75, 3.05) is 19.8 Å². The first-order valence-electron chi connectivity index (χ1n) is 29.1. The summed E-state index contributed by atoms with van der Waals surface area (Å²) in [6, 6.07) is 59.7. The summed E-state index contributed by atoms with van der Waals surface area (Å²) in [4.78, 5) is 26.1. The van der Waals surface area contributed by atoms with E-state index in [4.69, 9.17) is 54.8 Å². The van der Waals surface area contributed by atoms with E-state index in [0.717, 1.165) is 133 Å². The molecule has 97 heavy (non-hydrogen) atoms. The van der Waals surface area contributed by atoms with Crippen molar-refractivity contribution in [2.24, 2.45) is 32.2 Å². The number of nitrogens with zero attached hydrogens (tertiary/aromatic N) is 3. The van der Waals surface area contributed by atoms with Crippen molar-refractivity contribution in [2.45, 2.75) is 16.6 Å². The molecule has 6 N–H and O–H groups in total.